The minimum Gasteiger partial charge on any atom is -0.497 e. The summed E-state index contributed by atoms with van der Waals surface area (Å²) in [4.78, 5) is 29.3. The van der Waals surface area contributed by atoms with E-state index in [-0.39, 0.29) is 17.7 Å². The molecular weight excluding hydrogens is 444 g/mol. The number of fused-ring (bicyclic) bond motifs is 3. The number of allylic oxidation sites excluding steroid dienone is 2. The quantitative estimate of drug-likeness (QED) is 0.374. The molecule has 2 bridgehead atoms. The summed E-state index contributed by atoms with van der Waals surface area (Å²) in [6, 6.07) is 13.6. The van der Waals surface area contributed by atoms with Gasteiger partial charge in [-0.25, -0.2) is 4.98 Å². The van der Waals surface area contributed by atoms with Crippen molar-refractivity contribution in [1.29, 1.82) is 0 Å². The van der Waals surface area contributed by atoms with Crippen molar-refractivity contribution in [3.05, 3.63) is 60.2 Å². The minimum atomic E-state index is -0.890. The molecule has 1 amide bonds. The number of methoxy groups -OCH3 is 1. The van der Waals surface area contributed by atoms with Gasteiger partial charge in [0.15, 0.2) is 4.34 Å². The van der Waals surface area contributed by atoms with E-state index in [1.165, 1.54) is 5.56 Å². The summed E-state index contributed by atoms with van der Waals surface area (Å²) in [5.74, 6) is -0.651. The number of aliphatic carboxylic acids is 1. The summed E-state index contributed by atoms with van der Waals surface area (Å²) in [5, 5.41) is 12.5. The zero-order valence-electron chi connectivity index (χ0n) is 17.4. The number of aromatic nitrogens is 1. The third-order valence-electron chi connectivity index (χ3n) is 6.20. The van der Waals surface area contributed by atoms with Crippen LogP contribution in [0.1, 0.15) is 12.0 Å². The van der Waals surface area contributed by atoms with Crippen LogP contribution in [0.5, 0.6) is 5.75 Å². The van der Waals surface area contributed by atoms with Gasteiger partial charge in [-0.15, -0.1) is 11.3 Å². The van der Waals surface area contributed by atoms with E-state index in [0.29, 0.717) is 5.69 Å². The van der Waals surface area contributed by atoms with Gasteiger partial charge in [0.05, 0.1) is 29.2 Å². The number of anilines is 1. The normalized spacial score (nSPS) is 23.5. The Kier molecular flexibility index (Phi) is 5.65. The van der Waals surface area contributed by atoms with E-state index in [2.05, 4.69) is 10.3 Å². The van der Waals surface area contributed by atoms with Gasteiger partial charge in [-0.1, -0.05) is 36.0 Å². The molecule has 0 aliphatic heterocycles. The summed E-state index contributed by atoms with van der Waals surface area (Å²) in [7, 11) is 1.65. The molecule has 2 aliphatic carbocycles. The first-order valence-corrected chi connectivity index (χ1v) is 12.2. The van der Waals surface area contributed by atoms with Gasteiger partial charge in [-0.3, -0.25) is 9.59 Å². The number of thioether (sulfide) groups is 1. The minimum absolute atomic E-state index is 0.00851. The Hall–Kier alpha value is -2.84. The Labute approximate surface area is 193 Å². The lowest BCUT2D eigenvalue weighted by molar-refractivity contribution is -0.146. The Balaban J connectivity index is 1.27. The third kappa shape index (κ3) is 4.00. The fraction of sp³-hybridized carbons (Fsp3) is 0.292. The number of thiazole rings is 1. The zero-order chi connectivity index (χ0) is 22.2. The van der Waals surface area contributed by atoms with E-state index in [4.69, 9.17) is 4.74 Å². The molecule has 2 N–H and O–H groups in total. The molecule has 1 aromatic heterocycles. The molecule has 0 radical (unpaired) electrons. The maximum absolute atomic E-state index is 12.9. The second kappa shape index (κ2) is 8.60. The average molecular weight is 467 g/mol. The Morgan fingerprint density at radius 2 is 1.91 bits per heavy atom. The molecule has 4 atom stereocenters. The molecule has 164 valence electrons. The summed E-state index contributed by atoms with van der Waals surface area (Å²) < 4.78 is 7.15. The summed E-state index contributed by atoms with van der Waals surface area (Å²) in [6.45, 7) is 0. The van der Waals surface area contributed by atoms with E-state index >= 15 is 0 Å². The number of carbonyl (C=O) groups is 2. The number of benzene rings is 2. The first-order chi connectivity index (χ1) is 15.5. The van der Waals surface area contributed by atoms with Crippen LogP contribution in [0.2, 0.25) is 0 Å². The maximum Gasteiger partial charge on any atom is 0.307 e. The fourth-order valence-electron chi connectivity index (χ4n) is 4.65. The van der Waals surface area contributed by atoms with Gasteiger partial charge in [0, 0.05) is 11.4 Å². The molecule has 1 saturated carbocycles. The highest BCUT2D eigenvalue weighted by Crippen LogP contribution is 2.48. The molecule has 3 aromatic rings. The van der Waals surface area contributed by atoms with Crippen molar-refractivity contribution in [2.45, 2.75) is 16.5 Å². The van der Waals surface area contributed by atoms with Crippen LogP contribution in [0.15, 0.2) is 59.0 Å². The second-order valence-corrected chi connectivity index (χ2v) is 10.4. The predicted molar refractivity (Wildman–Crippen MR) is 126 cm³/mol. The van der Waals surface area contributed by atoms with Gasteiger partial charge in [0.1, 0.15) is 5.75 Å². The lowest BCUT2D eigenvalue weighted by atomic mass is 9.82. The standard InChI is InChI=1S/C24H22N2O4S2/c1-30-17-7-2-13(3-8-17)12-31-24-26-18-9-6-16(11-19(18)32-24)25-22(27)20-14-4-5-15(10-14)21(20)23(28)29/h2-9,11,14-15,20-21H,10,12H2,1H3,(H,25,27)(H,28,29)/t14-,15-,20-,21+/m0/s1. The van der Waals surface area contributed by atoms with E-state index in [9.17, 15) is 14.7 Å². The molecule has 8 heteroatoms. The molecular formula is C24H22N2O4S2. The van der Waals surface area contributed by atoms with Crippen LogP contribution in [0, 0.1) is 23.7 Å². The van der Waals surface area contributed by atoms with Crippen molar-refractivity contribution in [1.82, 2.24) is 4.98 Å². The number of nitrogens with zero attached hydrogens (tertiary/aromatic N) is 1. The molecule has 2 aromatic carbocycles. The van der Waals surface area contributed by atoms with Crippen LogP contribution < -0.4 is 10.1 Å². The molecule has 6 nitrogen and oxygen atoms in total. The number of carbonyl (C=O) groups excluding carboxylic acids is 1. The largest absolute Gasteiger partial charge is 0.497 e. The lowest BCUT2D eigenvalue weighted by Crippen LogP contribution is -2.36. The van der Waals surface area contributed by atoms with Gasteiger partial charge < -0.3 is 15.2 Å². The van der Waals surface area contributed by atoms with Crippen LogP contribution in [0.3, 0.4) is 0 Å². The molecule has 2 aliphatic rings. The molecule has 32 heavy (non-hydrogen) atoms. The topological polar surface area (TPSA) is 88.5 Å². The van der Waals surface area contributed by atoms with E-state index in [1.807, 2.05) is 54.6 Å². The van der Waals surface area contributed by atoms with E-state index in [1.54, 1.807) is 30.2 Å². The Bertz CT molecular complexity index is 1200. The highest BCUT2D eigenvalue weighted by molar-refractivity contribution is 8.00. The first-order valence-electron chi connectivity index (χ1n) is 10.4. The van der Waals surface area contributed by atoms with Gasteiger partial charge in [-0.05, 0) is 54.2 Å². The molecule has 5 rings (SSSR count). The number of hydrogen-bond donors (Lipinski definition) is 2. The van der Waals surface area contributed by atoms with Crippen molar-refractivity contribution in [3.63, 3.8) is 0 Å². The molecule has 1 fully saturated rings. The number of carboxylic acids is 1. The van der Waals surface area contributed by atoms with Gasteiger partial charge in [0.2, 0.25) is 5.91 Å². The van der Waals surface area contributed by atoms with Crippen LogP contribution in [0.4, 0.5) is 5.69 Å². The molecule has 1 heterocycles. The summed E-state index contributed by atoms with van der Waals surface area (Å²) >= 11 is 3.26. The average Bonchev–Trinajstić information content (AvgIpc) is 3.51. The maximum atomic E-state index is 12.9. The van der Waals surface area contributed by atoms with Crippen LogP contribution in [-0.4, -0.2) is 29.1 Å². The van der Waals surface area contributed by atoms with Gasteiger partial charge in [-0.2, -0.15) is 0 Å². The summed E-state index contributed by atoms with van der Waals surface area (Å²) in [6.07, 6.45) is 4.69. The van der Waals surface area contributed by atoms with Crippen LogP contribution in [0.25, 0.3) is 10.2 Å². The highest BCUT2D eigenvalue weighted by atomic mass is 32.2. The number of rotatable bonds is 7. The van der Waals surface area contributed by atoms with Crippen molar-refractivity contribution >= 4 is 50.9 Å². The number of hydrogen-bond acceptors (Lipinski definition) is 6. The smallest absolute Gasteiger partial charge is 0.307 e. The van der Waals surface area contributed by atoms with E-state index in [0.717, 1.165) is 32.5 Å². The number of amides is 1. The monoisotopic (exact) mass is 466 g/mol. The number of nitrogens with one attached hydrogen (secondary N) is 1. The van der Waals surface area contributed by atoms with Crippen LogP contribution >= 0.6 is 23.1 Å². The Morgan fingerprint density at radius 1 is 1.16 bits per heavy atom. The van der Waals surface area contributed by atoms with Crippen LogP contribution in [-0.2, 0) is 15.3 Å². The Morgan fingerprint density at radius 3 is 2.62 bits per heavy atom. The molecule has 0 saturated heterocycles. The second-order valence-electron chi connectivity index (χ2n) is 8.13. The fourth-order valence-corrected chi connectivity index (χ4v) is 6.72. The highest BCUT2D eigenvalue weighted by Gasteiger charge is 2.51. The first kappa shape index (κ1) is 21.0. The van der Waals surface area contributed by atoms with Gasteiger partial charge in [0.25, 0.3) is 0 Å². The van der Waals surface area contributed by atoms with Crippen molar-refractivity contribution in [3.8, 4) is 5.75 Å². The number of carboxylic acid groups (broad SMARTS) is 1. The lowest BCUT2D eigenvalue weighted by Gasteiger charge is -2.23. The van der Waals surface area contributed by atoms with Crippen molar-refractivity contribution < 1.29 is 19.4 Å². The molecule has 0 spiro atoms. The number of ether oxygens (including phenoxy) is 1. The summed E-state index contributed by atoms with van der Waals surface area (Å²) in [5.41, 5.74) is 2.75. The third-order valence-corrected chi connectivity index (χ3v) is 8.44. The van der Waals surface area contributed by atoms with Crippen molar-refractivity contribution in [2.24, 2.45) is 23.7 Å². The van der Waals surface area contributed by atoms with Crippen molar-refractivity contribution in [2.75, 3.05) is 12.4 Å². The van der Waals surface area contributed by atoms with Gasteiger partial charge >= 0.3 is 5.97 Å². The zero-order valence-corrected chi connectivity index (χ0v) is 19.0. The van der Waals surface area contributed by atoms with E-state index < -0.39 is 17.8 Å². The SMILES string of the molecule is COc1ccc(CSc2nc3ccc(NC(=O)[C@@H]4[C@H](C(=O)O)[C@H]5C=C[C@H]4C5)cc3s2)cc1. The molecule has 0 unspecified atom stereocenters. The predicted octanol–water partition coefficient (Wildman–Crippen LogP) is 5.06.